The van der Waals surface area contributed by atoms with Crippen LogP contribution in [-0.2, 0) is 17.9 Å². The van der Waals surface area contributed by atoms with Gasteiger partial charge in [-0.25, -0.2) is 4.68 Å². The summed E-state index contributed by atoms with van der Waals surface area (Å²) in [6, 6.07) is 11.2. The molecule has 0 aliphatic heterocycles. The van der Waals surface area contributed by atoms with Gasteiger partial charge >= 0.3 is 0 Å². The van der Waals surface area contributed by atoms with E-state index in [2.05, 4.69) is 20.8 Å². The van der Waals surface area contributed by atoms with Gasteiger partial charge in [-0.3, -0.25) is 4.79 Å². The molecular formula is C16H17N5O3S. The monoisotopic (exact) mass is 359 g/mol. The van der Waals surface area contributed by atoms with Gasteiger partial charge in [0.05, 0.1) is 19.1 Å². The van der Waals surface area contributed by atoms with Crippen LogP contribution in [-0.4, -0.2) is 39.0 Å². The van der Waals surface area contributed by atoms with Crippen molar-refractivity contribution in [1.29, 1.82) is 0 Å². The van der Waals surface area contributed by atoms with Crippen molar-refractivity contribution in [3.05, 3.63) is 54.0 Å². The minimum atomic E-state index is -0.0969. The lowest BCUT2D eigenvalue weighted by Gasteiger charge is -2.07. The van der Waals surface area contributed by atoms with Gasteiger partial charge in [0.1, 0.15) is 18.1 Å². The second kappa shape index (κ2) is 8.34. The smallest absolute Gasteiger partial charge is 0.230 e. The number of nitrogens with one attached hydrogen (secondary N) is 1. The first-order valence-electron chi connectivity index (χ1n) is 7.55. The molecule has 0 aliphatic rings. The highest BCUT2D eigenvalue weighted by molar-refractivity contribution is 7.99. The Morgan fingerprint density at radius 2 is 2.28 bits per heavy atom. The van der Waals surface area contributed by atoms with Gasteiger partial charge in [0, 0.05) is 6.54 Å². The van der Waals surface area contributed by atoms with Gasteiger partial charge in [0.2, 0.25) is 11.1 Å². The number of nitrogens with zero attached hydrogens (tertiary/aromatic N) is 4. The summed E-state index contributed by atoms with van der Waals surface area (Å²) in [7, 11) is 1.61. The number of benzene rings is 1. The van der Waals surface area contributed by atoms with Crippen molar-refractivity contribution in [2.24, 2.45) is 0 Å². The molecule has 1 amide bonds. The van der Waals surface area contributed by atoms with Crippen LogP contribution in [0, 0.1) is 0 Å². The molecule has 2 heterocycles. The number of aromatic nitrogens is 4. The molecule has 0 unspecified atom stereocenters. The van der Waals surface area contributed by atoms with E-state index in [1.165, 1.54) is 11.8 Å². The number of methoxy groups -OCH3 is 1. The molecule has 3 aromatic rings. The second-order valence-corrected chi connectivity index (χ2v) is 6.06. The highest BCUT2D eigenvalue weighted by Crippen LogP contribution is 2.15. The molecule has 0 bridgehead atoms. The van der Waals surface area contributed by atoms with E-state index in [0.29, 0.717) is 18.2 Å². The maximum atomic E-state index is 12.0. The van der Waals surface area contributed by atoms with Crippen molar-refractivity contribution >= 4 is 17.7 Å². The van der Waals surface area contributed by atoms with Crippen LogP contribution in [0.3, 0.4) is 0 Å². The second-order valence-electron chi connectivity index (χ2n) is 5.12. The number of ether oxygens (including phenoxy) is 1. The highest BCUT2D eigenvalue weighted by atomic mass is 32.2. The first kappa shape index (κ1) is 17.0. The molecule has 0 saturated heterocycles. The lowest BCUT2D eigenvalue weighted by molar-refractivity contribution is -0.118. The van der Waals surface area contributed by atoms with Crippen LogP contribution < -0.4 is 10.1 Å². The molecule has 1 aromatic carbocycles. The summed E-state index contributed by atoms with van der Waals surface area (Å²) in [6.45, 7) is 0.863. The number of furan rings is 1. The summed E-state index contributed by atoms with van der Waals surface area (Å²) in [4.78, 5) is 12.0. The number of tetrazole rings is 1. The molecule has 9 heteroatoms. The summed E-state index contributed by atoms with van der Waals surface area (Å²) in [5.41, 5.74) is 0.973. The van der Waals surface area contributed by atoms with Crippen molar-refractivity contribution in [2.75, 3.05) is 12.9 Å². The van der Waals surface area contributed by atoms with E-state index in [9.17, 15) is 4.79 Å². The third-order valence-electron chi connectivity index (χ3n) is 3.34. The maximum absolute atomic E-state index is 12.0. The molecule has 130 valence electrons. The number of hydrogen-bond donors (Lipinski definition) is 1. The molecule has 2 aromatic heterocycles. The molecule has 0 spiro atoms. The van der Waals surface area contributed by atoms with Crippen molar-refractivity contribution in [1.82, 2.24) is 25.5 Å². The van der Waals surface area contributed by atoms with Crippen LogP contribution in [0.5, 0.6) is 5.75 Å². The SMILES string of the molecule is COc1cccc(CNC(=O)CSc2nnnn2Cc2ccco2)c1. The Morgan fingerprint density at radius 3 is 3.08 bits per heavy atom. The van der Waals surface area contributed by atoms with Gasteiger partial charge in [-0.2, -0.15) is 0 Å². The van der Waals surface area contributed by atoms with Gasteiger partial charge in [-0.1, -0.05) is 23.9 Å². The first-order chi connectivity index (χ1) is 12.2. The minimum absolute atomic E-state index is 0.0969. The fourth-order valence-electron chi connectivity index (χ4n) is 2.11. The molecule has 0 aliphatic carbocycles. The van der Waals surface area contributed by atoms with E-state index >= 15 is 0 Å². The summed E-state index contributed by atoms with van der Waals surface area (Å²) in [5, 5.41) is 14.9. The van der Waals surface area contributed by atoms with Crippen LogP contribution in [0.25, 0.3) is 0 Å². The number of carbonyl (C=O) groups excluding carboxylic acids is 1. The number of hydrogen-bond acceptors (Lipinski definition) is 7. The van der Waals surface area contributed by atoms with E-state index in [1.54, 1.807) is 24.1 Å². The largest absolute Gasteiger partial charge is 0.497 e. The lowest BCUT2D eigenvalue weighted by atomic mass is 10.2. The van der Waals surface area contributed by atoms with Crippen molar-refractivity contribution in [2.45, 2.75) is 18.2 Å². The Kier molecular flexibility index (Phi) is 5.68. The zero-order valence-corrected chi connectivity index (χ0v) is 14.4. The van der Waals surface area contributed by atoms with Gasteiger partial charge in [0.25, 0.3) is 0 Å². The van der Waals surface area contributed by atoms with Crippen molar-refractivity contribution < 1.29 is 13.9 Å². The topological polar surface area (TPSA) is 95.1 Å². The predicted molar refractivity (Wildman–Crippen MR) is 91.2 cm³/mol. The van der Waals surface area contributed by atoms with E-state index in [-0.39, 0.29) is 11.7 Å². The van der Waals surface area contributed by atoms with E-state index < -0.39 is 0 Å². The predicted octanol–water partition coefficient (Wildman–Crippen LogP) is 1.73. The number of amides is 1. The van der Waals surface area contributed by atoms with Gasteiger partial charge in [-0.15, -0.1) is 5.10 Å². The quantitative estimate of drug-likeness (QED) is 0.612. The summed E-state index contributed by atoms with van der Waals surface area (Å²) in [5.74, 6) is 1.64. The van der Waals surface area contributed by atoms with Crippen molar-refractivity contribution in [3.63, 3.8) is 0 Å². The van der Waals surface area contributed by atoms with Crippen LogP contribution in [0.2, 0.25) is 0 Å². The van der Waals surface area contributed by atoms with E-state index in [1.807, 2.05) is 30.3 Å². The minimum Gasteiger partial charge on any atom is -0.497 e. The van der Waals surface area contributed by atoms with Crippen molar-refractivity contribution in [3.8, 4) is 5.75 Å². The summed E-state index contributed by atoms with van der Waals surface area (Å²) < 4.78 is 12.0. The van der Waals surface area contributed by atoms with E-state index in [4.69, 9.17) is 9.15 Å². The molecule has 3 rings (SSSR count). The fraction of sp³-hybridized carbons (Fsp3) is 0.250. The normalized spacial score (nSPS) is 10.6. The summed E-state index contributed by atoms with van der Waals surface area (Å²) >= 11 is 1.27. The highest BCUT2D eigenvalue weighted by Gasteiger charge is 2.11. The number of thioether (sulfide) groups is 1. The Labute approximate surface area is 148 Å². The molecule has 8 nitrogen and oxygen atoms in total. The molecule has 0 radical (unpaired) electrons. The summed E-state index contributed by atoms with van der Waals surface area (Å²) in [6.07, 6.45) is 1.60. The average molecular weight is 359 g/mol. The van der Waals surface area contributed by atoms with Gasteiger partial charge in [-0.05, 0) is 40.3 Å². The van der Waals surface area contributed by atoms with Crippen LogP contribution >= 0.6 is 11.8 Å². The Morgan fingerprint density at radius 1 is 1.36 bits per heavy atom. The van der Waals surface area contributed by atoms with Crippen LogP contribution in [0.15, 0.2) is 52.2 Å². The van der Waals surface area contributed by atoms with E-state index in [0.717, 1.165) is 17.1 Å². The first-order valence-corrected chi connectivity index (χ1v) is 8.54. The van der Waals surface area contributed by atoms with Crippen LogP contribution in [0.1, 0.15) is 11.3 Å². The average Bonchev–Trinajstić information content (AvgIpc) is 3.31. The fourth-order valence-corrected chi connectivity index (χ4v) is 2.82. The number of carbonyl (C=O) groups is 1. The van der Waals surface area contributed by atoms with Gasteiger partial charge < -0.3 is 14.5 Å². The lowest BCUT2D eigenvalue weighted by Crippen LogP contribution is -2.24. The molecule has 1 N–H and O–H groups in total. The Bertz CT molecular complexity index is 819. The zero-order chi connectivity index (χ0) is 17.5. The zero-order valence-electron chi connectivity index (χ0n) is 13.6. The molecule has 0 atom stereocenters. The van der Waals surface area contributed by atoms with Gasteiger partial charge in [0.15, 0.2) is 0 Å². The third kappa shape index (κ3) is 4.83. The van der Waals surface area contributed by atoms with Crippen LogP contribution in [0.4, 0.5) is 0 Å². The molecular weight excluding hydrogens is 342 g/mol. The Balaban J connectivity index is 1.48. The molecule has 0 fully saturated rings. The standard InChI is InChI=1S/C16H17N5O3S/c1-23-13-5-2-4-12(8-13)9-17-15(22)11-25-16-18-19-20-21(16)10-14-6-3-7-24-14/h2-8H,9-11H2,1H3,(H,17,22). The number of rotatable bonds is 8. The Hall–Kier alpha value is -2.81. The molecule has 25 heavy (non-hydrogen) atoms. The molecule has 0 saturated carbocycles. The third-order valence-corrected chi connectivity index (χ3v) is 4.30. The maximum Gasteiger partial charge on any atom is 0.230 e.